The molecule has 26 heavy (non-hydrogen) atoms. The minimum Gasteiger partial charge on any atom is -0.454 e. The number of nitro groups is 1. The lowest BCUT2D eigenvalue weighted by molar-refractivity contribution is -0.385. The molecule has 3 rings (SSSR count). The van der Waals surface area contributed by atoms with Gasteiger partial charge in [-0.25, -0.2) is 0 Å². The fourth-order valence-electron chi connectivity index (χ4n) is 2.53. The van der Waals surface area contributed by atoms with Crippen molar-refractivity contribution in [2.24, 2.45) is 0 Å². The number of hydrogen-bond donors (Lipinski definition) is 1. The number of fused-ring (bicyclic) bond motifs is 1. The third-order valence-electron chi connectivity index (χ3n) is 3.87. The van der Waals surface area contributed by atoms with Crippen LogP contribution in [0.4, 0.5) is 5.69 Å². The van der Waals surface area contributed by atoms with E-state index in [0.717, 1.165) is 17.5 Å². The minimum atomic E-state index is -0.679. The van der Waals surface area contributed by atoms with Crippen LogP contribution < -0.4 is 14.9 Å². The van der Waals surface area contributed by atoms with E-state index < -0.39 is 10.8 Å². The molecule has 1 amide bonds. The molecule has 9 heteroatoms. The Labute approximate surface area is 148 Å². The van der Waals surface area contributed by atoms with E-state index in [4.69, 9.17) is 9.47 Å². The molecule has 0 spiro atoms. The zero-order valence-corrected chi connectivity index (χ0v) is 14.0. The number of aryl methyl sites for hydroxylation is 2. The first-order valence-electron chi connectivity index (χ1n) is 7.57. The van der Waals surface area contributed by atoms with Crippen molar-refractivity contribution in [3.8, 4) is 17.6 Å². The molecular weight excluding hydrogens is 340 g/mol. The van der Waals surface area contributed by atoms with Gasteiger partial charge in [0.2, 0.25) is 6.79 Å². The van der Waals surface area contributed by atoms with Gasteiger partial charge in [0, 0.05) is 11.4 Å². The predicted molar refractivity (Wildman–Crippen MR) is 91.1 cm³/mol. The molecule has 0 saturated carbocycles. The fourth-order valence-corrected chi connectivity index (χ4v) is 2.53. The number of amides is 1. The highest BCUT2D eigenvalue weighted by Crippen LogP contribution is 2.38. The number of aromatic nitrogens is 1. The lowest BCUT2D eigenvalue weighted by Gasteiger charge is -2.10. The smallest absolute Gasteiger partial charge is 0.280 e. The van der Waals surface area contributed by atoms with Crippen molar-refractivity contribution in [2.45, 2.75) is 13.8 Å². The first kappa shape index (κ1) is 17.0. The molecule has 0 bridgehead atoms. The van der Waals surface area contributed by atoms with E-state index >= 15 is 0 Å². The third-order valence-corrected chi connectivity index (χ3v) is 3.87. The first-order valence-corrected chi connectivity index (χ1v) is 7.57. The van der Waals surface area contributed by atoms with E-state index in [0.29, 0.717) is 5.75 Å². The lowest BCUT2D eigenvalue weighted by atomic mass is 10.1. The van der Waals surface area contributed by atoms with Crippen LogP contribution in [0.25, 0.3) is 6.08 Å². The topological polar surface area (TPSA) is 119 Å². The van der Waals surface area contributed by atoms with Crippen LogP contribution in [0.5, 0.6) is 11.5 Å². The van der Waals surface area contributed by atoms with Gasteiger partial charge in [-0.05, 0) is 38.1 Å². The molecule has 0 atom stereocenters. The maximum absolute atomic E-state index is 12.4. The van der Waals surface area contributed by atoms with Crippen LogP contribution in [0.2, 0.25) is 0 Å². The van der Waals surface area contributed by atoms with E-state index in [-0.39, 0.29) is 29.4 Å². The van der Waals surface area contributed by atoms with E-state index in [1.165, 1.54) is 16.8 Å². The van der Waals surface area contributed by atoms with Gasteiger partial charge >= 0.3 is 0 Å². The monoisotopic (exact) mass is 354 g/mol. The molecule has 0 unspecified atom stereocenters. The quantitative estimate of drug-likeness (QED) is 0.390. The summed E-state index contributed by atoms with van der Waals surface area (Å²) in [7, 11) is 0. The second-order valence-electron chi connectivity index (χ2n) is 5.58. The summed E-state index contributed by atoms with van der Waals surface area (Å²) in [6.45, 7) is 3.55. The van der Waals surface area contributed by atoms with Gasteiger partial charge < -0.3 is 9.47 Å². The average Bonchev–Trinajstić information content (AvgIpc) is 3.19. The standard InChI is InChI=1S/C17H14N4O5/c1-10-3-4-11(2)20(10)19-17(22)13(8-18)5-12-6-15-16(26-9-25-15)7-14(12)21(23)24/h3-7H,9H2,1-2H3,(H,19,22)/b13-5+. The molecule has 1 aromatic carbocycles. The van der Waals surface area contributed by atoms with E-state index in [9.17, 15) is 20.2 Å². The Bertz CT molecular complexity index is 964. The molecule has 9 nitrogen and oxygen atoms in total. The fraction of sp³-hybridized carbons (Fsp3) is 0.176. The largest absolute Gasteiger partial charge is 0.454 e. The number of carbonyl (C=O) groups is 1. The van der Waals surface area contributed by atoms with Crippen molar-refractivity contribution in [3.63, 3.8) is 0 Å². The number of nitrogens with one attached hydrogen (secondary N) is 1. The van der Waals surface area contributed by atoms with Crippen molar-refractivity contribution in [2.75, 3.05) is 12.2 Å². The number of rotatable bonds is 4. The number of hydrogen-bond acceptors (Lipinski definition) is 6. The van der Waals surface area contributed by atoms with Crippen molar-refractivity contribution < 1.29 is 19.2 Å². The Morgan fingerprint density at radius 1 is 1.31 bits per heavy atom. The van der Waals surface area contributed by atoms with Crippen molar-refractivity contribution in [1.29, 1.82) is 5.26 Å². The van der Waals surface area contributed by atoms with Gasteiger partial charge in [-0.1, -0.05) is 0 Å². The van der Waals surface area contributed by atoms with Crippen LogP contribution in [0.1, 0.15) is 17.0 Å². The number of ether oxygens (including phenoxy) is 2. The molecule has 1 aromatic heterocycles. The number of nitriles is 1. The van der Waals surface area contributed by atoms with Crippen LogP contribution in [-0.2, 0) is 4.79 Å². The molecule has 1 aliphatic heterocycles. The summed E-state index contributed by atoms with van der Waals surface area (Å²) in [6.07, 6.45) is 1.16. The molecule has 0 radical (unpaired) electrons. The van der Waals surface area contributed by atoms with Crippen LogP contribution >= 0.6 is 0 Å². The number of benzene rings is 1. The molecule has 1 aliphatic rings. The minimum absolute atomic E-state index is 0.0442. The molecule has 1 N–H and O–H groups in total. The lowest BCUT2D eigenvalue weighted by Crippen LogP contribution is -2.25. The van der Waals surface area contributed by atoms with Crippen molar-refractivity contribution in [1.82, 2.24) is 4.68 Å². The summed E-state index contributed by atoms with van der Waals surface area (Å²) in [6, 6.07) is 7.99. The Hall–Kier alpha value is -3.80. The maximum Gasteiger partial charge on any atom is 0.280 e. The zero-order valence-electron chi connectivity index (χ0n) is 14.0. The van der Waals surface area contributed by atoms with Crippen molar-refractivity contribution >= 4 is 17.7 Å². The number of carbonyl (C=O) groups excluding carboxylic acids is 1. The van der Waals surface area contributed by atoms with Gasteiger partial charge in [0.1, 0.15) is 11.6 Å². The number of nitro benzene ring substituents is 1. The van der Waals surface area contributed by atoms with Crippen molar-refractivity contribution in [3.05, 3.63) is 56.9 Å². The highest BCUT2D eigenvalue weighted by atomic mass is 16.7. The van der Waals surface area contributed by atoms with Gasteiger partial charge in [0.05, 0.1) is 16.6 Å². The third kappa shape index (κ3) is 3.08. The highest BCUT2D eigenvalue weighted by Gasteiger charge is 2.23. The van der Waals surface area contributed by atoms with E-state index in [2.05, 4.69) is 5.43 Å². The maximum atomic E-state index is 12.4. The summed E-state index contributed by atoms with van der Waals surface area (Å²) in [5.74, 6) is -0.117. The van der Waals surface area contributed by atoms with Crippen LogP contribution in [0, 0.1) is 35.3 Å². The van der Waals surface area contributed by atoms with Crippen LogP contribution in [-0.4, -0.2) is 22.3 Å². The molecular formula is C17H14N4O5. The average molecular weight is 354 g/mol. The zero-order chi connectivity index (χ0) is 18.8. The predicted octanol–water partition coefficient (Wildman–Crippen LogP) is 2.42. The van der Waals surface area contributed by atoms with Gasteiger partial charge in [-0.2, -0.15) is 5.26 Å². The summed E-state index contributed by atoms with van der Waals surface area (Å²) in [4.78, 5) is 23.1. The Balaban J connectivity index is 1.98. The van der Waals surface area contributed by atoms with Gasteiger partial charge in [0.25, 0.3) is 11.6 Å². The van der Waals surface area contributed by atoms with Gasteiger partial charge in [-0.3, -0.25) is 25.0 Å². The molecule has 132 valence electrons. The normalized spacial score (nSPS) is 12.6. The Morgan fingerprint density at radius 3 is 2.50 bits per heavy atom. The van der Waals surface area contributed by atoms with Gasteiger partial charge in [0.15, 0.2) is 11.5 Å². The summed E-state index contributed by atoms with van der Waals surface area (Å²) in [5.41, 5.74) is 3.66. The number of nitrogens with zero attached hydrogens (tertiary/aromatic N) is 3. The Morgan fingerprint density at radius 2 is 1.92 bits per heavy atom. The first-order chi connectivity index (χ1) is 12.4. The summed E-state index contributed by atoms with van der Waals surface area (Å²) in [5, 5.41) is 20.6. The van der Waals surface area contributed by atoms with E-state index in [1.807, 2.05) is 12.1 Å². The molecule has 0 fully saturated rings. The van der Waals surface area contributed by atoms with Crippen LogP contribution in [0.15, 0.2) is 29.8 Å². The second-order valence-corrected chi connectivity index (χ2v) is 5.58. The summed E-state index contributed by atoms with van der Waals surface area (Å²) >= 11 is 0. The summed E-state index contributed by atoms with van der Waals surface area (Å²) < 4.78 is 11.9. The Kier molecular flexibility index (Phi) is 4.33. The molecule has 2 heterocycles. The second kappa shape index (κ2) is 6.60. The molecule has 0 saturated heterocycles. The van der Waals surface area contributed by atoms with Gasteiger partial charge in [-0.15, -0.1) is 0 Å². The van der Waals surface area contributed by atoms with Crippen LogP contribution in [0.3, 0.4) is 0 Å². The molecule has 0 aliphatic carbocycles. The highest BCUT2D eigenvalue weighted by molar-refractivity contribution is 6.06. The van der Waals surface area contributed by atoms with E-state index in [1.54, 1.807) is 19.9 Å². The molecule has 2 aromatic rings. The SMILES string of the molecule is Cc1ccc(C)n1NC(=O)/C(C#N)=C/c1cc2c(cc1[N+](=O)[O-])OCO2.